The highest BCUT2D eigenvalue weighted by Crippen LogP contribution is 2.27. The van der Waals surface area contributed by atoms with Gasteiger partial charge in [-0.25, -0.2) is 0 Å². The average Bonchev–Trinajstić information content (AvgIpc) is 2.72. The number of fused-ring (bicyclic) bond motifs is 1. The van der Waals surface area contributed by atoms with E-state index in [1.807, 2.05) is 20.8 Å². The lowest BCUT2D eigenvalue weighted by molar-refractivity contribution is -0.203. The third kappa shape index (κ3) is 2.86. The number of nitrogens with zero attached hydrogens (tertiary/aromatic N) is 4. The van der Waals surface area contributed by atoms with Gasteiger partial charge in [0.25, 0.3) is 0 Å². The molecule has 0 aromatic carbocycles. The van der Waals surface area contributed by atoms with E-state index in [9.17, 15) is 13.2 Å². The number of hydrogen-bond donors (Lipinski definition) is 1. The lowest BCUT2D eigenvalue weighted by Gasteiger charge is -2.14. The van der Waals surface area contributed by atoms with Crippen molar-refractivity contribution in [1.82, 2.24) is 19.8 Å². The molecule has 106 valence electrons. The fourth-order valence-electron chi connectivity index (χ4n) is 1.49. The Morgan fingerprint density at radius 3 is 2.42 bits per heavy atom. The van der Waals surface area contributed by atoms with Crippen LogP contribution in [0, 0.1) is 0 Å². The fourth-order valence-corrected chi connectivity index (χ4v) is 2.36. The Kier molecular flexibility index (Phi) is 3.29. The molecule has 0 saturated heterocycles. The van der Waals surface area contributed by atoms with Gasteiger partial charge in [0, 0.05) is 11.8 Å². The molecule has 2 rings (SSSR count). The smallest absolute Gasteiger partial charge is 0.383 e. The Balaban J connectivity index is 2.31. The molecule has 9 heteroatoms. The first-order chi connectivity index (χ1) is 8.59. The van der Waals surface area contributed by atoms with Crippen LogP contribution in [0.1, 0.15) is 31.6 Å². The predicted molar refractivity (Wildman–Crippen MR) is 63.1 cm³/mol. The van der Waals surface area contributed by atoms with Gasteiger partial charge in [-0.05, 0) is 0 Å². The van der Waals surface area contributed by atoms with E-state index >= 15 is 0 Å². The Morgan fingerprint density at radius 2 is 1.89 bits per heavy atom. The maximum absolute atomic E-state index is 12.3. The summed E-state index contributed by atoms with van der Waals surface area (Å²) in [5.41, 5.74) is -0.312. The van der Waals surface area contributed by atoms with Gasteiger partial charge in [-0.15, -0.1) is 10.2 Å². The maximum Gasteiger partial charge on any atom is 0.414 e. The van der Waals surface area contributed by atoms with Crippen molar-refractivity contribution < 1.29 is 18.3 Å². The third-order valence-electron chi connectivity index (χ3n) is 2.45. The Labute approximate surface area is 111 Å². The lowest BCUT2D eigenvalue weighted by Crippen LogP contribution is -2.30. The molecule has 1 N–H and O–H groups in total. The predicted octanol–water partition coefficient (Wildman–Crippen LogP) is 1.95. The minimum Gasteiger partial charge on any atom is -0.383 e. The summed E-state index contributed by atoms with van der Waals surface area (Å²) >= 11 is 0.997. The number of aliphatic hydroxyl groups is 1. The van der Waals surface area contributed by atoms with E-state index in [4.69, 9.17) is 5.11 Å². The van der Waals surface area contributed by atoms with Crippen LogP contribution in [0.5, 0.6) is 0 Å². The van der Waals surface area contributed by atoms with Gasteiger partial charge < -0.3 is 5.11 Å². The minimum atomic E-state index is -4.64. The van der Waals surface area contributed by atoms with Crippen molar-refractivity contribution in [2.45, 2.75) is 44.9 Å². The number of rotatable bonds is 2. The SMILES string of the molecule is CC(C)(C)c1nnc2sc(CC(O)C(F)(F)F)nn12. The van der Waals surface area contributed by atoms with Crippen LogP contribution in [0.3, 0.4) is 0 Å². The summed E-state index contributed by atoms with van der Waals surface area (Å²) in [6, 6.07) is 0. The lowest BCUT2D eigenvalue weighted by atomic mass is 9.96. The van der Waals surface area contributed by atoms with E-state index in [1.165, 1.54) is 4.52 Å². The molecule has 1 atom stereocenters. The van der Waals surface area contributed by atoms with Crippen molar-refractivity contribution in [3.05, 3.63) is 10.8 Å². The molecule has 19 heavy (non-hydrogen) atoms. The van der Waals surface area contributed by atoms with Gasteiger partial charge in [0.15, 0.2) is 11.9 Å². The van der Waals surface area contributed by atoms with E-state index < -0.39 is 18.7 Å². The quantitative estimate of drug-likeness (QED) is 0.919. The minimum absolute atomic E-state index is 0.181. The second kappa shape index (κ2) is 4.41. The molecule has 0 aliphatic rings. The summed E-state index contributed by atoms with van der Waals surface area (Å²) in [7, 11) is 0. The summed E-state index contributed by atoms with van der Waals surface area (Å²) in [6.07, 6.45) is -7.62. The number of halogens is 3. The highest BCUT2D eigenvalue weighted by molar-refractivity contribution is 7.16. The molecule has 0 bridgehead atoms. The van der Waals surface area contributed by atoms with E-state index in [1.54, 1.807) is 0 Å². The Bertz CT molecular complexity index is 584. The van der Waals surface area contributed by atoms with Crippen LogP contribution in [-0.2, 0) is 11.8 Å². The first kappa shape index (κ1) is 14.2. The average molecular weight is 294 g/mol. The molecule has 0 radical (unpaired) electrons. The molecular weight excluding hydrogens is 281 g/mol. The summed E-state index contributed by atoms with van der Waals surface area (Å²) < 4.78 is 38.3. The zero-order valence-corrected chi connectivity index (χ0v) is 11.4. The second-order valence-corrected chi connectivity index (χ2v) is 6.27. The topological polar surface area (TPSA) is 63.3 Å². The highest BCUT2D eigenvalue weighted by Gasteiger charge is 2.39. The largest absolute Gasteiger partial charge is 0.414 e. The summed E-state index contributed by atoms with van der Waals surface area (Å²) in [4.78, 5) is 0.425. The number of hydrogen-bond acceptors (Lipinski definition) is 5. The molecule has 2 heterocycles. The van der Waals surface area contributed by atoms with Gasteiger partial charge in [-0.3, -0.25) is 0 Å². The van der Waals surface area contributed by atoms with Gasteiger partial charge in [0.05, 0.1) is 0 Å². The van der Waals surface area contributed by atoms with Crippen LogP contribution in [0.15, 0.2) is 0 Å². The third-order valence-corrected chi connectivity index (χ3v) is 3.37. The van der Waals surface area contributed by atoms with E-state index in [0.29, 0.717) is 10.8 Å². The molecule has 0 amide bonds. The molecular formula is C10H13F3N4OS. The van der Waals surface area contributed by atoms with Crippen LogP contribution in [0.2, 0.25) is 0 Å². The van der Waals surface area contributed by atoms with Gasteiger partial charge in [0.2, 0.25) is 4.96 Å². The van der Waals surface area contributed by atoms with Gasteiger partial charge >= 0.3 is 6.18 Å². The van der Waals surface area contributed by atoms with Gasteiger partial charge in [-0.2, -0.15) is 22.8 Å². The molecule has 0 fully saturated rings. The van der Waals surface area contributed by atoms with Gasteiger partial charge in [-0.1, -0.05) is 32.1 Å². The first-order valence-corrected chi connectivity index (χ1v) is 6.37. The molecule has 5 nitrogen and oxygen atoms in total. The molecule has 2 aromatic rings. The number of aliphatic hydroxyl groups excluding tert-OH is 1. The van der Waals surface area contributed by atoms with Crippen molar-refractivity contribution in [3.8, 4) is 0 Å². The Hall–Kier alpha value is -1.22. The molecule has 2 aromatic heterocycles. The molecule has 1 unspecified atom stereocenters. The Morgan fingerprint density at radius 1 is 1.26 bits per heavy atom. The van der Waals surface area contributed by atoms with Crippen LogP contribution in [0.4, 0.5) is 13.2 Å². The molecule has 0 spiro atoms. The van der Waals surface area contributed by atoms with E-state index in [0.717, 1.165) is 11.3 Å². The first-order valence-electron chi connectivity index (χ1n) is 5.55. The molecule has 0 aliphatic carbocycles. The van der Waals surface area contributed by atoms with Crippen LogP contribution >= 0.6 is 11.3 Å². The molecule has 0 aliphatic heterocycles. The monoisotopic (exact) mass is 294 g/mol. The van der Waals surface area contributed by atoms with Crippen molar-refractivity contribution in [2.24, 2.45) is 0 Å². The summed E-state index contributed by atoms with van der Waals surface area (Å²) in [5, 5.41) is 21.1. The van der Waals surface area contributed by atoms with Crippen molar-refractivity contribution in [2.75, 3.05) is 0 Å². The number of aromatic nitrogens is 4. The zero-order chi connectivity index (χ0) is 14.4. The number of alkyl halides is 3. The second-order valence-electron chi connectivity index (χ2n) is 5.23. The van der Waals surface area contributed by atoms with Crippen molar-refractivity contribution >= 4 is 16.3 Å². The van der Waals surface area contributed by atoms with Crippen LogP contribution in [-0.4, -0.2) is 37.2 Å². The van der Waals surface area contributed by atoms with Gasteiger partial charge in [0.1, 0.15) is 5.01 Å². The zero-order valence-electron chi connectivity index (χ0n) is 10.6. The molecule has 0 saturated carbocycles. The normalized spacial score (nSPS) is 15.1. The van der Waals surface area contributed by atoms with E-state index in [-0.39, 0.29) is 10.4 Å². The van der Waals surface area contributed by atoms with Crippen LogP contribution < -0.4 is 0 Å². The maximum atomic E-state index is 12.3. The summed E-state index contributed by atoms with van der Waals surface area (Å²) in [5.74, 6) is 0.575. The van der Waals surface area contributed by atoms with E-state index in [2.05, 4.69) is 15.3 Å². The van der Waals surface area contributed by atoms with Crippen molar-refractivity contribution in [3.63, 3.8) is 0 Å². The standard InChI is InChI=1S/C10H13F3N4OS/c1-9(2,3)7-14-15-8-17(7)16-6(19-8)4-5(18)10(11,12)13/h5,18H,4H2,1-3H3. The van der Waals surface area contributed by atoms with Crippen molar-refractivity contribution in [1.29, 1.82) is 0 Å². The van der Waals surface area contributed by atoms with Crippen LogP contribution in [0.25, 0.3) is 4.96 Å². The highest BCUT2D eigenvalue weighted by atomic mass is 32.1. The summed E-state index contributed by atoms with van der Waals surface area (Å²) in [6.45, 7) is 5.73. The fraction of sp³-hybridized carbons (Fsp3) is 0.700.